The molecule has 1 atom stereocenters. The minimum atomic E-state index is -0.254. The fourth-order valence-electron chi connectivity index (χ4n) is 2.17. The van der Waals surface area contributed by atoms with E-state index in [-0.39, 0.29) is 24.4 Å². The number of carbonyl (C=O) groups excluding carboxylic acids is 2. The molecule has 0 aliphatic carbocycles. The summed E-state index contributed by atoms with van der Waals surface area (Å²) in [6.07, 6.45) is 6.93. The van der Waals surface area contributed by atoms with E-state index in [4.69, 9.17) is 0 Å². The maximum absolute atomic E-state index is 12.4. The first-order valence-corrected chi connectivity index (χ1v) is 8.08. The number of unbranched alkanes of at least 4 members (excludes halogenated alkanes) is 3. The molecule has 0 saturated carbocycles. The minimum Gasteiger partial charge on any atom is -0.363 e. The van der Waals surface area contributed by atoms with Gasteiger partial charge >= 0.3 is 0 Å². The predicted octanol–water partition coefficient (Wildman–Crippen LogP) is 3.21. The monoisotopic (exact) mass is 309 g/mol. The topological polar surface area (TPSA) is 75.4 Å². The van der Waals surface area contributed by atoms with Crippen molar-refractivity contribution in [3.63, 3.8) is 0 Å². The molecule has 0 aliphatic heterocycles. The van der Waals surface area contributed by atoms with Gasteiger partial charge in [0.1, 0.15) is 12.8 Å². The zero-order chi connectivity index (χ0) is 16.4. The Balaban J connectivity index is 2.52. The third-order valence-corrected chi connectivity index (χ3v) is 3.71. The molecule has 6 heteroatoms. The molecule has 0 aromatic carbocycles. The van der Waals surface area contributed by atoms with Crippen molar-refractivity contribution in [1.29, 1.82) is 0 Å². The van der Waals surface area contributed by atoms with Crippen molar-refractivity contribution in [3.8, 4) is 0 Å². The number of hydrogen-bond donors (Lipinski definition) is 1. The Labute approximate surface area is 132 Å². The van der Waals surface area contributed by atoms with E-state index in [0.29, 0.717) is 12.2 Å². The average Bonchev–Trinajstić information content (AvgIpc) is 3.01. The van der Waals surface area contributed by atoms with E-state index in [1.165, 1.54) is 6.26 Å². The fraction of sp³-hybridized carbons (Fsp3) is 0.688. The van der Waals surface area contributed by atoms with Crippen LogP contribution in [0, 0.1) is 0 Å². The maximum atomic E-state index is 12.4. The van der Waals surface area contributed by atoms with Crippen LogP contribution in [0.25, 0.3) is 0 Å². The lowest BCUT2D eigenvalue weighted by molar-refractivity contribution is -0.136. The first-order valence-electron chi connectivity index (χ1n) is 8.08. The van der Waals surface area contributed by atoms with E-state index in [9.17, 15) is 9.59 Å². The molecule has 22 heavy (non-hydrogen) atoms. The number of rotatable bonds is 10. The van der Waals surface area contributed by atoms with Gasteiger partial charge in [-0.15, -0.1) is 0 Å². The highest BCUT2D eigenvalue weighted by Gasteiger charge is 2.21. The highest BCUT2D eigenvalue weighted by atomic mass is 16.5. The van der Waals surface area contributed by atoms with E-state index in [0.717, 1.165) is 32.1 Å². The summed E-state index contributed by atoms with van der Waals surface area (Å²) in [5, 5.41) is 6.26. The molecule has 0 saturated heterocycles. The molecule has 1 aromatic rings. The van der Waals surface area contributed by atoms with Crippen LogP contribution in [0.1, 0.15) is 59.3 Å². The van der Waals surface area contributed by atoms with Crippen LogP contribution in [-0.4, -0.2) is 34.5 Å². The van der Waals surface area contributed by atoms with Gasteiger partial charge in [-0.25, -0.2) is 0 Å². The van der Waals surface area contributed by atoms with Crippen molar-refractivity contribution < 1.29 is 14.1 Å². The van der Waals surface area contributed by atoms with Crippen molar-refractivity contribution in [1.82, 2.24) is 10.1 Å². The number of nitrogens with zero attached hydrogens (tertiary/aromatic N) is 2. The Bertz CT molecular complexity index is 445. The summed E-state index contributed by atoms with van der Waals surface area (Å²) in [5.41, 5.74) is 0. The van der Waals surface area contributed by atoms with Crippen molar-refractivity contribution in [3.05, 3.63) is 12.3 Å². The molecule has 0 aliphatic rings. The highest BCUT2D eigenvalue weighted by molar-refractivity contribution is 5.93. The minimum absolute atomic E-state index is 0.0424. The maximum Gasteiger partial charge on any atom is 0.245 e. The van der Waals surface area contributed by atoms with Crippen molar-refractivity contribution in [2.24, 2.45) is 0 Å². The zero-order valence-electron chi connectivity index (χ0n) is 13.8. The predicted molar refractivity (Wildman–Crippen MR) is 85.4 cm³/mol. The van der Waals surface area contributed by atoms with Crippen LogP contribution in [0.15, 0.2) is 16.9 Å². The van der Waals surface area contributed by atoms with E-state index in [2.05, 4.69) is 21.9 Å². The van der Waals surface area contributed by atoms with Crippen LogP contribution >= 0.6 is 0 Å². The number of aromatic nitrogens is 1. The molecule has 2 amide bonds. The number of anilines is 1. The van der Waals surface area contributed by atoms with Crippen LogP contribution < -0.4 is 5.32 Å². The van der Waals surface area contributed by atoms with Crippen molar-refractivity contribution >= 4 is 17.6 Å². The molecule has 1 unspecified atom stereocenters. The van der Waals surface area contributed by atoms with Gasteiger partial charge in [0, 0.05) is 18.5 Å². The Morgan fingerprint density at radius 1 is 1.32 bits per heavy atom. The van der Waals surface area contributed by atoms with E-state index in [1.807, 2.05) is 13.8 Å². The fourth-order valence-corrected chi connectivity index (χ4v) is 2.17. The van der Waals surface area contributed by atoms with Gasteiger partial charge in [-0.1, -0.05) is 38.3 Å². The number of amides is 2. The van der Waals surface area contributed by atoms with Gasteiger partial charge in [0.15, 0.2) is 5.82 Å². The van der Waals surface area contributed by atoms with E-state index in [1.54, 1.807) is 11.0 Å². The van der Waals surface area contributed by atoms with Gasteiger partial charge in [0.2, 0.25) is 11.8 Å². The second-order valence-electron chi connectivity index (χ2n) is 5.52. The zero-order valence-corrected chi connectivity index (χ0v) is 13.8. The summed E-state index contributed by atoms with van der Waals surface area (Å²) in [7, 11) is 0. The molecule has 1 N–H and O–H groups in total. The largest absolute Gasteiger partial charge is 0.363 e. The number of hydrogen-bond acceptors (Lipinski definition) is 4. The summed E-state index contributed by atoms with van der Waals surface area (Å²) < 4.78 is 4.67. The summed E-state index contributed by atoms with van der Waals surface area (Å²) in [5.74, 6) is 0.154. The second-order valence-corrected chi connectivity index (χ2v) is 5.52. The lowest BCUT2D eigenvalue weighted by Gasteiger charge is -2.28. The lowest BCUT2D eigenvalue weighted by atomic mass is 10.1. The van der Waals surface area contributed by atoms with Gasteiger partial charge in [0.25, 0.3) is 0 Å². The summed E-state index contributed by atoms with van der Waals surface area (Å²) in [6.45, 7) is 6.17. The molecule has 6 nitrogen and oxygen atoms in total. The summed E-state index contributed by atoms with van der Waals surface area (Å²) in [4.78, 5) is 26.0. The Hall–Kier alpha value is -1.85. The SMILES string of the molecule is CCCCCCC(=O)N(CC(=O)Nc1ccon1)C(C)CC. The standard InChI is InChI=1S/C16H27N3O3/c1-4-6-7-8-9-16(21)19(13(3)5-2)12-15(20)17-14-10-11-22-18-14/h10-11,13H,4-9,12H2,1-3H3,(H,17,18,20). The van der Waals surface area contributed by atoms with Crippen LogP contribution in [0.5, 0.6) is 0 Å². The third kappa shape index (κ3) is 6.28. The molecule has 0 spiro atoms. The van der Waals surface area contributed by atoms with Gasteiger partial charge in [0.05, 0.1) is 0 Å². The first kappa shape index (κ1) is 18.2. The summed E-state index contributed by atoms with van der Waals surface area (Å²) >= 11 is 0. The van der Waals surface area contributed by atoms with Crippen LogP contribution in [-0.2, 0) is 9.59 Å². The lowest BCUT2D eigenvalue weighted by Crippen LogP contribution is -2.43. The van der Waals surface area contributed by atoms with Gasteiger partial charge in [-0.05, 0) is 19.8 Å². The highest BCUT2D eigenvalue weighted by Crippen LogP contribution is 2.11. The second kappa shape index (κ2) is 9.97. The molecular formula is C16H27N3O3. The quantitative estimate of drug-likeness (QED) is 0.673. The normalized spacial score (nSPS) is 12.0. The smallest absolute Gasteiger partial charge is 0.245 e. The van der Waals surface area contributed by atoms with Gasteiger partial charge in [-0.2, -0.15) is 0 Å². The van der Waals surface area contributed by atoms with Crippen LogP contribution in [0.2, 0.25) is 0 Å². The molecular weight excluding hydrogens is 282 g/mol. The molecule has 124 valence electrons. The first-order chi connectivity index (χ1) is 10.6. The average molecular weight is 309 g/mol. The van der Waals surface area contributed by atoms with Crippen molar-refractivity contribution in [2.75, 3.05) is 11.9 Å². The molecule has 1 aromatic heterocycles. The molecule has 1 rings (SSSR count). The van der Waals surface area contributed by atoms with E-state index < -0.39 is 0 Å². The van der Waals surface area contributed by atoms with Crippen molar-refractivity contribution in [2.45, 2.75) is 65.3 Å². The Morgan fingerprint density at radius 2 is 2.09 bits per heavy atom. The van der Waals surface area contributed by atoms with Crippen LogP contribution in [0.3, 0.4) is 0 Å². The van der Waals surface area contributed by atoms with E-state index >= 15 is 0 Å². The molecule has 1 heterocycles. The number of carbonyl (C=O) groups is 2. The Morgan fingerprint density at radius 3 is 2.68 bits per heavy atom. The number of nitrogens with one attached hydrogen (secondary N) is 1. The van der Waals surface area contributed by atoms with Gasteiger partial charge < -0.3 is 14.7 Å². The van der Waals surface area contributed by atoms with Gasteiger partial charge in [-0.3, -0.25) is 9.59 Å². The molecule has 0 radical (unpaired) electrons. The summed E-state index contributed by atoms with van der Waals surface area (Å²) in [6, 6.07) is 1.61. The third-order valence-electron chi connectivity index (χ3n) is 3.71. The molecule has 0 bridgehead atoms. The molecule has 0 fully saturated rings. The van der Waals surface area contributed by atoms with Crippen LogP contribution in [0.4, 0.5) is 5.82 Å². The Kier molecular flexibility index (Phi) is 8.25.